The van der Waals surface area contributed by atoms with Crippen LogP contribution in [0.5, 0.6) is 0 Å². The summed E-state index contributed by atoms with van der Waals surface area (Å²) in [5.41, 5.74) is 6.99. The average molecular weight is 876 g/mol. The number of piperidine rings is 1. The number of imidazole rings is 1. The van der Waals surface area contributed by atoms with E-state index in [1.54, 1.807) is 11.6 Å². The van der Waals surface area contributed by atoms with Crippen molar-refractivity contribution in [3.63, 3.8) is 0 Å². The first-order chi connectivity index (χ1) is 31.3. The van der Waals surface area contributed by atoms with Crippen molar-refractivity contribution in [2.75, 3.05) is 71.0 Å². The summed E-state index contributed by atoms with van der Waals surface area (Å²) in [6.07, 6.45) is 14.6. The lowest BCUT2D eigenvalue weighted by Gasteiger charge is -2.34. The summed E-state index contributed by atoms with van der Waals surface area (Å²) in [6.45, 7) is 9.64. The lowest BCUT2D eigenvalue weighted by Crippen LogP contribution is -2.46. The number of nitrogens with zero attached hydrogens (tertiary/aromatic N) is 7. The van der Waals surface area contributed by atoms with Crippen molar-refractivity contribution in [2.45, 2.75) is 102 Å². The minimum absolute atomic E-state index is 0.196. The molecule has 2 amide bonds. The second-order valence-electron chi connectivity index (χ2n) is 18.5. The van der Waals surface area contributed by atoms with Crippen LogP contribution < -0.4 is 16.3 Å². The van der Waals surface area contributed by atoms with E-state index in [4.69, 9.17) is 19.4 Å². The van der Waals surface area contributed by atoms with Crippen LogP contribution in [0.4, 0.5) is 5.95 Å². The van der Waals surface area contributed by atoms with Gasteiger partial charge in [-0.3, -0.25) is 33.8 Å². The van der Waals surface area contributed by atoms with Crippen molar-refractivity contribution in [1.82, 2.24) is 38.8 Å². The van der Waals surface area contributed by atoms with Gasteiger partial charge in [0.2, 0.25) is 17.8 Å². The molecule has 1 atom stereocenters. The quantitative estimate of drug-likeness (QED) is 0.0661. The van der Waals surface area contributed by atoms with E-state index in [0.29, 0.717) is 43.7 Å². The molecule has 9 rings (SSSR count). The number of aromatic nitrogens is 5. The van der Waals surface area contributed by atoms with E-state index in [9.17, 15) is 19.5 Å². The Morgan fingerprint density at radius 1 is 0.828 bits per heavy atom. The van der Waals surface area contributed by atoms with Gasteiger partial charge in [0.25, 0.3) is 0 Å². The molecule has 0 bridgehead atoms. The molecule has 2 aliphatic carbocycles. The number of hydrogen-bond donors (Lipinski definition) is 3. The van der Waals surface area contributed by atoms with Gasteiger partial charge in [0, 0.05) is 108 Å². The van der Waals surface area contributed by atoms with Gasteiger partial charge in [0.15, 0.2) is 0 Å². The molecule has 2 saturated heterocycles. The van der Waals surface area contributed by atoms with Crippen LogP contribution in [-0.2, 0) is 39.1 Å². The maximum atomic E-state index is 13.1. The zero-order chi connectivity index (χ0) is 44.0. The van der Waals surface area contributed by atoms with E-state index in [-0.39, 0.29) is 24.1 Å². The molecular weight excluding hydrogens is 811 g/mol. The monoisotopic (exact) mass is 876 g/mol. The summed E-state index contributed by atoms with van der Waals surface area (Å²) >= 11 is 0. The molecule has 3 N–H and O–H groups in total. The minimum Gasteiger partial charge on any atom is -0.393 e. The first-order valence-electron chi connectivity index (χ1n) is 23.8. The molecular formula is C49H65N9O6. The number of piperazine rings is 1. The number of carbonyl (C=O) groups is 2. The average Bonchev–Trinajstić information content (AvgIpc) is 4.01. The Morgan fingerprint density at radius 3 is 2.33 bits per heavy atom. The highest BCUT2D eigenvalue weighted by Gasteiger charge is 2.31. The van der Waals surface area contributed by atoms with Gasteiger partial charge >= 0.3 is 5.69 Å². The summed E-state index contributed by atoms with van der Waals surface area (Å²) in [4.78, 5) is 52.0. The van der Waals surface area contributed by atoms with Crippen LogP contribution in [0.2, 0.25) is 0 Å². The first-order valence-corrected chi connectivity index (χ1v) is 23.8. The molecule has 15 heteroatoms. The minimum atomic E-state index is -0.678. The predicted octanol–water partition coefficient (Wildman–Crippen LogP) is 5.59. The zero-order valence-corrected chi connectivity index (χ0v) is 37.4. The van der Waals surface area contributed by atoms with Gasteiger partial charge in [-0.15, -0.1) is 0 Å². The highest BCUT2D eigenvalue weighted by atomic mass is 16.5. The molecule has 5 heterocycles. The molecule has 4 fully saturated rings. The number of carbonyl (C=O) groups excluding carboxylic acids is 2. The maximum absolute atomic E-state index is 13.1. The van der Waals surface area contributed by atoms with Crippen LogP contribution in [0.3, 0.4) is 0 Å². The van der Waals surface area contributed by atoms with Crippen molar-refractivity contribution in [2.24, 2.45) is 13.0 Å². The van der Waals surface area contributed by atoms with Crippen LogP contribution in [0.15, 0.2) is 59.7 Å². The predicted molar refractivity (Wildman–Crippen MR) is 247 cm³/mol. The first kappa shape index (κ1) is 44.3. The third-order valence-electron chi connectivity index (χ3n) is 13.9. The Bertz CT molecular complexity index is 2440. The molecule has 2 aliphatic heterocycles. The van der Waals surface area contributed by atoms with Crippen LogP contribution in [0.1, 0.15) is 93.8 Å². The van der Waals surface area contributed by atoms with Crippen molar-refractivity contribution in [3.8, 4) is 11.1 Å². The number of amides is 2. The van der Waals surface area contributed by atoms with Gasteiger partial charge in [-0.05, 0) is 92.5 Å². The summed E-state index contributed by atoms with van der Waals surface area (Å²) in [7, 11) is 1.72. The maximum Gasteiger partial charge on any atom is 0.329 e. The number of nitrogens with one attached hydrogen (secondary N) is 2. The lowest BCUT2D eigenvalue weighted by molar-refractivity contribution is -0.135. The van der Waals surface area contributed by atoms with Gasteiger partial charge in [-0.2, -0.15) is 4.98 Å². The molecule has 0 spiro atoms. The Morgan fingerprint density at radius 2 is 1.56 bits per heavy atom. The fourth-order valence-corrected chi connectivity index (χ4v) is 9.81. The van der Waals surface area contributed by atoms with Crippen molar-refractivity contribution in [1.29, 1.82) is 0 Å². The molecule has 4 aliphatic rings. The van der Waals surface area contributed by atoms with Crippen LogP contribution in [-0.4, -0.2) is 122 Å². The molecule has 342 valence electrons. The smallest absolute Gasteiger partial charge is 0.329 e. The van der Waals surface area contributed by atoms with E-state index in [2.05, 4.69) is 55.5 Å². The van der Waals surface area contributed by atoms with Crippen LogP contribution in [0, 0.1) is 5.92 Å². The Kier molecular flexibility index (Phi) is 14.2. The van der Waals surface area contributed by atoms with Crippen molar-refractivity contribution >= 4 is 39.8 Å². The topological polar surface area (TPSA) is 161 Å². The Balaban J connectivity index is 0.662. The largest absolute Gasteiger partial charge is 0.393 e. The number of aliphatic hydroxyl groups excluding tert-OH is 1. The number of aryl methyl sites for hydroxylation is 2. The molecule has 64 heavy (non-hydrogen) atoms. The van der Waals surface area contributed by atoms with Crippen LogP contribution in [0.25, 0.3) is 33.2 Å². The second-order valence-corrected chi connectivity index (χ2v) is 18.5. The molecule has 0 unspecified atom stereocenters. The van der Waals surface area contributed by atoms with Gasteiger partial charge < -0.3 is 24.5 Å². The molecule has 2 aromatic carbocycles. The summed E-state index contributed by atoms with van der Waals surface area (Å²) in [6, 6.07) is 14.6. The molecule has 2 saturated carbocycles. The highest BCUT2D eigenvalue weighted by Crippen LogP contribution is 2.37. The fourth-order valence-electron chi connectivity index (χ4n) is 9.81. The Labute approximate surface area is 375 Å². The summed E-state index contributed by atoms with van der Waals surface area (Å²) < 4.78 is 17.3. The number of ether oxygens (including phenoxy) is 2. The molecule has 5 aromatic rings. The third-order valence-corrected chi connectivity index (χ3v) is 13.9. The number of anilines is 1. The number of hydrogen-bond acceptors (Lipinski definition) is 11. The van der Waals surface area contributed by atoms with E-state index in [0.717, 1.165) is 125 Å². The molecule has 0 radical (unpaired) electrons. The normalized spacial score (nSPS) is 21.2. The number of imide groups is 1. The lowest BCUT2D eigenvalue weighted by atomic mass is 9.93. The second kappa shape index (κ2) is 20.5. The van der Waals surface area contributed by atoms with Crippen molar-refractivity contribution in [3.05, 3.63) is 76.5 Å². The fraction of sp³-hybridized carbons (Fsp3) is 0.571. The van der Waals surface area contributed by atoms with Gasteiger partial charge in [0.1, 0.15) is 11.7 Å². The van der Waals surface area contributed by atoms with Crippen LogP contribution >= 0.6 is 0 Å². The number of aliphatic hydroxyl groups is 1. The number of rotatable bonds is 20. The van der Waals surface area contributed by atoms with E-state index >= 15 is 0 Å². The number of benzene rings is 2. The van der Waals surface area contributed by atoms with Gasteiger partial charge in [-0.25, -0.2) is 9.78 Å². The SMILES string of the molecule is Cn1c(=O)n([C@H]2CCC(=O)NC2=O)c2ccc(CCCOCCCOCCN3CCN(Cc4ccc(-c5cn([C@H]6CC[C@H](O)CC6)c6nc(NCCC7CC7)ncc56)cc4)CC3)cc21. The molecule has 3 aromatic heterocycles. The highest BCUT2D eigenvalue weighted by molar-refractivity contribution is 6.00. The van der Waals surface area contributed by atoms with E-state index < -0.39 is 11.9 Å². The molecule has 15 nitrogen and oxygen atoms in total. The van der Waals surface area contributed by atoms with Gasteiger partial charge in [0.05, 0.1) is 23.7 Å². The third kappa shape index (κ3) is 10.6. The van der Waals surface area contributed by atoms with E-state index in [1.807, 2.05) is 24.4 Å². The van der Waals surface area contributed by atoms with Gasteiger partial charge in [-0.1, -0.05) is 43.2 Å². The zero-order valence-electron chi connectivity index (χ0n) is 37.4. The summed E-state index contributed by atoms with van der Waals surface area (Å²) in [5.74, 6) is 0.851. The van der Waals surface area contributed by atoms with E-state index in [1.165, 1.54) is 40.5 Å². The standard InChI is InChI=1S/C49H65N9O6/c1-54-44-30-35(9-16-42(44)58(49(54)62)43-17-18-45(60)52-47(43)61)4-2-26-63-27-3-28-64-29-25-55-21-23-56(24-22-55)32-36-7-10-37(11-8-36)41-33-57(38-12-14-39(59)15-13-38)46-40(41)31-51-48(53-46)50-20-19-34-5-6-34/h7-11,16,30-31,33-34,38-39,43,59H,2-6,12-15,17-29,32H2,1H3,(H,50,51,53)(H,52,60,61)/t38-,39-,43-/m0/s1. The van der Waals surface area contributed by atoms with Crippen molar-refractivity contribution < 1.29 is 24.2 Å². The number of fused-ring (bicyclic) bond motifs is 2. The Hall–Kier alpha value is -4.93. The summed E-state index contributed by atoms with van der Waals surface area (Å²) in [5, 5.41) is 17.1.